The van der Waals surface area contributed by atoms with Gasteiger partial charge >= 0.3 is 0 Å². The van der Waals surface area contributed by atoms with Crippen molar-refractivity contribution in [2.24, 2.45) is 10.3 Å². The Morgan fingerprint density at radius 3 is 1.81 bits per heavy atom. The molecular weight excluding hydrogens is 583 g/mol. The van der Waals surface area contributed by atoms with Gasteiger partial charge in [-0.25, -0.2) is 9.13 Å². The molecule has 10 heteroatoms. The van der Waals surface area contributed by atoms with E-state index in [1.54, 1.807) is 24.4 Å². The van der Waals surface area contributed by atoms with Crippen LogP contribution in [0.5, 0.6) is 0 Å². The number of aryl methyl sites for hydroxylation is 2. The predicted molar refractivity (Wildman–Crippen MR) is 116 cm³/mol. The van der Waals surface area contributed by atoms with Gasteiger partial charge in [0.25, 0.3) is 0 Å². The average molecular weight is 605 g/mol. The monoisotopic (exact) mass is 602 g/mol. The molecule has 2 heterocycles. The SMILES string of the molecule is O/N=C/c1cc[n+](CCC[n+]2ccc(/C=N\OCc3c(Cl)cccc3Cl)cc2)cc1.[Br-].[Br-]. The van der Waals surface area contributed by atoms with Crippen LogP contribution in [0.25, 0.3) is 0 Å². The van der Waals surface area contributed by atoms with Gasteiger partial charge in [0.05, 0.1) is 18.9 Å². The zero-order valence-corrected chi connectivity index (χ0v) is 21.7. The van der Waals surface area contributed by atoms with Gasteiger partial charge in [-0.05, 0) is 12.1 Å². The number of benzene rings is 1. The average Bonchev–Trinajstić information content (AvgIpc) is 2.75. The molecule has 1 aromatic carbocycles. The molecule has 0 radical (unpaired) electrons. The summed E-state index contributed by atoms with van der Waals surface area (Å²) in [6.45, 7) is 2.00. The third-order valence-electron chi connectivity index (χ3n) is 4.42. The molecular formula is C22H22Br2Cl2N4O2. The third-order valence-corrected chi connectivity index (χ3v) is 5.13. The Morgan fingerprint density at radius 1 is 0.812 bits per heavy atom. The summed E-state index contributed by atoms with van der Waals surface area (Å²) in [5.74, 6) is 0. The van der Waals surface area contributed by atoms with Crippen LogP contribution in [0.3, 0.4) is 0 Å². The number of hydrogen-bond acceptors (Lipinski definition) is 4. The first-order valence-electron chi connectivity index (χ1n) is 9.39. The fourth-order valence-electron chi connectivity index (χ4n) is 2.78. The number of oxime groups is 2. The molecule has 0 fully saturated rings. The molecule has 0 saturated carbocycles. The smallest absolute Gasteiger partial charge is 0.169 e. The van der Waals surface area contributed by atoms with Crippen LogP contribution in [0.15, 0.2) is 77.6 Å². The summed E-state index contributed by atoms with van der Waals surface area (Å²) < 4.78 is 4.22. The van der Waals surface area contributed by atoms with Crippen molar-refractivity contribution in [3.8, 4) is 0 Å². The molecule has 0 aliphatic carbocycles. The second kappa shape index (κ2) is 14.9. The minimum atomic E-state index is 0. The third kappa shape index (κ3) is 8.86. The molecule has 0 aliphatic rings. The fourth-order valence-corrected chi connectivity index (χ4v) is 3.29. The first-order chi connectivity index (χ1) is 14.7. The van der Waals surface area contributed by atoms with E-state index in [9.17, 15) is 0 Å². The number of nitrogens with zero attached hydrogens (tertiary/aromatic N) is 4. The summed E-state index contributed by atoms with van der Waals surface area (Å²) in [5.41, 5.74) is 2.52. The molecule has 0 spiro atoms. The van der Waals surface area contributed by atoms with E-state index in [0.717, 1.165) is 36.2 Å². The molecule has 0 bridgehead atoms. The van der Waals surface area contributed by atoms with Crippen LogP contribution in [0.2, 0.25) is 10.0 Å². The van der Waals surface area contributed by atoms with Crippen LogP contribution in [-0.2, 0) is 24.5 Å². The fraction of sp³-hybridized carbons (Fsp3) is 0.182. The number of hydrogen-bond donors (Lipinski definition) is 1. The quantitative estimate of drug-likeness (QED) is 0.133. The van der Waals surface area contributed by atoms with E-state index in [2.05, 4.69) is 19.4 Å². The minimum absolute atomic E-state index is 0. The van der Waals surface area contributed by atoms with E-state index in [1.807, 2.05) is 49.1 Å². The Morgan fingerprint density at radius 2 is 1.31 bits per heavy atom. The molecule has 3 rings (SSSR count). The van der Waals surface area contributed by atoms with Crippen LogP contribution in [0.4, 0.5) is 0 Å². The molecule has 170 valence electrons. The van der Waals surface area contributed by atoms with E-state index in [1.165, 1.54) is 6.21 Å². The predicted octanol–water partition coefficient (Wildman–Crippen LogP) is -1.97. The van der Waals surface area contributed by atoms with Gasteiger partial charge in [0.1, 0.15) is 6.61 Å². The molecule has 3 aromatic rings. The van der Waals surface area contributed by atoms with Gasteiger partial charge in [-0.1, -0.05) is 39.6 Å². The lowest BCUT2D eigenvalue weighted by atomic mass is 10.2. The summed E-state index contributed by atoms with van der Waals surface area (Å²) in [7, 11) is 0. The first kappa shape index (κ1) is 28.0. The minimum Gasteiger partial charge on any atom is -1.00 e. The molecule has 0 atom stereocenters. The highest BCUT2D eigenvalue weighted by Crippen LogP contribution is 2.24. The first-order valence-corrected chi connectivity index (χ1v) is 10.1. The van der Waals surface area contributed by atoms with Gasteiger partial charge in [-0.15, -0.1) is 0 Å². The maximum Gasteiger partial charge on any atom is 0.169 e. The van der Waals surface area contributed by atoms with E-state index < -0.39 is 0 Å². The Kier molecular flexibility index (Phi) is 13.1. The molecule has 6 nitrogen and oxygen atoms in total. The van der Waals surface area contributed by atoms with Crippen molar-refractivity contribution in [1.82, 2.24) is 0 Å². The summed E-state index contributed by atoms with van der Waals surface area (Å²) >= 11 is 12.2. The number of aromatic nitrogens is 2. The van der Waals surface area contributed by atoms with Gasteiger partial charge in [0.15, 0.2) is 37.9 Å². The van der Waals surface area contributed by atoms with Crippen LogP contribution in [0.1, 0.15) is 23.1 Å². The number of rotatable bonds is 9. The zero-order valence-electron chi connectivity index (χ0n) is 17.0. The highest BCUT2D eigenvalue weighted by Gasteiger charge is 2.06. The molecule has 32 heavy (non-hydrogen) atoms. The van der Waals surface area contributed by atoms with Crippen molar-refractivity contribution < 1.29 is 53.1 Å². The highest BCUT2D eigenvalue weighted by molar-refractivity contribution is 6.35. The van der Waals surface area contributed by atoms with Crippen molar-refractivity contribution in [2.75, 3.05) is 0 Å². The van der Waals surface area contributed by atoms with Gasteiger partial charge in [0.2, 0.25) is 0 Å². The standard InChI is InChI=1S/C22H21Cl2N4O2.2BrH/c23-21-3-1-4-22(24)20(21)17-30-26-16-19-7-13-28(14-8-19)10-2-9-27-11-5-18(6-12-27)15-25-29;;/h1,3-8,11-16H,2,9-10,17H2;2*1H/q+1;;/p-1/b26-16-;;. The molecule has 0 aliphatic heterocycles. The lowest BCUT2D eigenvalue weighted by molar-refractivity contribution is -0.726. The van der Waals surface area contributed by atoms with E-state index in [4.69, 9.17) is 33.2 Å². The summed E-state index contributed by atoms with van der Waals surface area (Å²) in [6.07, 6.45) is 12.0. The highest BCUT2D eigenvalue weighted by atomic mass is 79.9. The topological polar surface area (TPSA) is 61.9 Å². The van der Waals surface area contributed by atoms with Crippen molar-refractivity contribution in [3.63, 3.8) is 0 Å². The maximum atomic E-state index is 8.54. The Balaban J connectivity index is 0.00000256. The molecule has 2 aromatic heterocycles. The van der Waals surface area contributed by atoms with E-state index >= 15 is 0 Å². The van der Waals surface area contributed by atoms with Crippen LogP contribution in [-0.4, -0.2) is 17.6 Å². The van der Waals surface area contributed by atoms with Gasteiger partial charge in [-0.3, -0.25) is 0 Å². The Hall–Kier alpha value is -2.00. The normalized spacial score (nSPS) is 10.7. The molecule has 0 saturated heterocycles. The van der Waals surface area contributed by atoms with Crippen LogP contribution in [0, 0.1) is 0 Å². The maximum absolute atomic E-state index is 8.54. The van der Waals surface area contributed by atoms with Gasteiger partial charge < -0.3 is 44.0 Å². The van der Waals surface area contributed by atoms with E-state index in [-0.39, 0.29) is 40.6 Å². The van der Waals surface area contributed by atoms with Gasteiger partial charge in [-0.2, -0.15) is 0 Å². The Bertz CT molecular complexity index is 997. The van der Waals surface area contributed by atoms with Crippen LogP contribution >= 0.6 is 23.2 Å². The second-order valence-corrected chi connectivity index (χ2v) is 7.36. The molecule has 0 unspecified atom stereocenters. The molecule has 1 N–H and O–H groups in total. The number of halogens is 4. The van der Waals surface area contributed by atoms with Gasteiger partial charge in [0, 0.05) is 51.0 Å². The van der Waals surface area contributed by atoms with Crippen molar-refractivity contribution in [3.05, 3.63) is 94.0 Å². The summed E-state index contributed by atoms with van der Waals surface area (Å²) in [6, 6.07) is 13.1. The molecule has 0 amide bonds. The van der Waals surface area contributed by atoms with Crippen LogP contribution < -0.4 is 43.1 Å². The van der Waals surface area contributed by atoms with E-state index in [0.29, 0.717) is 10.0 Å². The number of pyridine rings is 2. The second-order valence-electron chi connectivity index (χ2n) is 6.54. The van der Waals surface area contributed by atoms with Crippen molar-refractivity contribution in [1.29, 1.82) is 0 Å². The van der Waals surface area contributed by atoms with Crippen molar-refractivity contribution >= 4 is 35.6 Å². The largest absolute Gasteiger partial charge is 1.00 e. The lowest BCUT2D eigenvalue weighted by Gasteiger charge is -2.04. The van der Waals surface area contributed by atoms with Crippen molar-refractivity contribution in [2.45, 2.75) is 26.1 Å². The summed E-state index contributed by atoms with van der Waals surface area (Å²) in [4.78, 5) is 5.32. The Labute approximate surface area is 218 Å². The lowest BCUT2D eigenvalue weighted by Crippen LogP contribution is -3.00. The zero-order chi connectivity index (χ0) is 21.2. The summed E-state index contributed by atoms with van der Waals surface area (Å²) in [5, 5.41) is 16.7.